The third-order valence-electron chi connectivity index (χ3n) is 3.87. The highest BCUT2D eigenvalue weighted by Gasteiger charge is 2.18. The molecule has 1 atom stereocenters. The summed E-state index contributed by atoms with van der Waals surface area (Å²) in [5.41, 5.74) is 2.25. The highest BCUT2D eigenvalue weighted by molar-refractivity contribution is 5.56. The molecule has 0 saturated heterocycles. The van der Waals surface area contributed by atoms with Gasteiger partial charge in [-0.1, -0.05) is 26.8 Å². The molecule has 2 aromatic heterocycles. The van der Waals surface area contributed by atoms with Crippen molar-refractivity contribution in [3.8, 4) is 0 Å². The van der Waals surface area contributed by atoms with Crippen molar-refractivity contribution >= 4 is 11.5 Å². The number of anilines is 1. The van der Waals surface area contributed by atoms with Gasteiger partial charge in [0, 0.05) is 31.9 Å². The third kappa shape index (κ3) is 2.96. The first-order valence-corrected chi connectivity index (χ1v) is 7.46. The van der Waals surface area contributed by atoms with Gasteiger partial charge in [-0.3, -0.25) is 0 Å². The Labute approximate surface area is 121 Å². The van der Waals surface area contributed by atoms with E-state index in [1.165, 1.54) is 5.69 Å². The first kappa shape index (κ1) is 14.9. The second kappa shape index (κ2) is 6.27. The average Bonchev–Trinajstić information content (AvgIpc) is 2.82. The van der Waals surface area contributed by atoms with Gasteiger partial charge in [0.15, 0.2) is 5.82 Å². The van der Waals surface area contributed by atoms with E-state index in [9.17, 15) is 0 Å². The summed E-state index contributed by atoms with van der Waals surface area (Å²) < 4.78 is 2.18. The van der Waals surface area contributed by atoms with Crippen LogP contribution in [0.3, 0.4) is 0 Å². The molecule has 2 aromatic rings. The summed E-state index contributed by atoms with van der Waals surface area (Å²) in [5.74, 6) is 1.08. The van der Waals surface area contributed by atoms with Crippen LogP contribution in [-0.4, -0.2) is 28.5 Å². The van der Waals surface area contributed by atoms with Gasteiger partial charge in [-0.15, -0.1) is 0 Å². The lowest BCUT2D eigenvalue weighted by Crippen LogP contribution is -2.30. The van der Waals surface area contributed by atoms with Gasteiger partial charge in [-0.2, -0.15) is 0 Å². The van der Waals surface area contributed by atoms with E-state index in [0.29, 0.717) is 12.1 Å². The van der Waals surface area contributed by atoms with Crippen molar-refractivity contribution in [2.75, 3.05) is 11.9 Å². The molecule has 1 N–H and O–H groups in total. The zero-order valence-electron chi connectivity index (χ0n) is 13.2. The Kier molecular flexibility index (Phi) is 4.65. The molecule has 0 aliphatic rings. The summed E-state index contributed by atoms with van der Waals surface area (Å²) in [5, 5.41) is 3.50. The Hall–Kier alpha value is -1.55. The standard InChI is InChI=1S/C16H26N4/c1-6-13(4)19(5)16-14(11-17-12(2)3)20-10-8-7-9-15(20)18-16/h7-10,12-13,17H,6,11H2,1-5H3. The zero-order valence-corrected chi connectivity index (χ0v) is 13.2. The second-order valence-corrected chi connectivity index (χ2v) is 5.71. The van der Waals surface area contributed by atoms with E-state index in [2.05, 4.69) is 67.7 Å². The fourth-order valence-electron chi connectivity index (χ4n) is 2.26. The van der Waals surface area contributed by atoms with E-state index in [4.69, 9.17) is 4.98 Å². The smallest absolute Gasteiger partial charge is 0.152 e. The fraction of sp³-hybridized carbons (Fsp3) is 0.562. The van der Waals surface area contributed by atoms with E-state index >= 15 is 0 Å². The molecule has 2 heterocycles. The van der Waals surface area contributed by atoms with E-state index in [-0.39, 0.29) is 0 Å². The maximum Gasteiger partial charge on any atom is 0.152 e. The molecule has 2 rings (SSSR count). The SMILES string of the molecule is CCC(C)N(C)c1nc2ccccn2c1CNC(C)C. The molecular formula is C16H26N4. The summed E-state index contributed by atoms with van der Waals surface area (Å²) in [6.07, 6.45) is 3.20. The molecule has 0 spiro atoms. The van der Waals surface area contributed by atoms with Crippen molar-refractivity contribution in [1.29, 1.82) is 0 Å². The number of nitrogens with zero attached hydrogens (tertiary/aromatic N) is 3. The van der Waals surface area contributed by atoms with Crippen molar-refractivity contribution in [1.82, 2.24) is 14.7 Å². The summed E-state index contributed by atoms with van der Waals surface area (Å²) in [6, 6.07) is 7.10. The van der Waals surface area contributed by atoms with Gasteiger partial charge in [0.2, 0.25) is 0 Å². The predicted octanol–water partition coefficient (Wildman–Crippen LogP) is 3.07. The summed E-state index contributed by atoms with van der Waals surface area (Å²) >= 11 is 0. The third-order valence-corrected chi connectivity index (χ3v) is 3.87. The van der Waals surface area contributed by atoms with Gasteiger partial charge in [-0.25, -0.2) is 4.98 Å². The topological polar surface area (TPSA) is 32.6 Å². The molecule has 0 bridgehead atoms. The fourth-order valence-corrected chi connectivity index (χ4v) is 2.26. The molecular weight excluding hydrogens is 248 g/mol. The largest absolute Gasteiger partial charge is 0.355 e. The van der Waals surface area contributed by atoms with Gasteiger partial charge in [-0.05, 0) is 25.5 Å². The van der Waals surface area contributed by atoms with Crippen LogP contribution in [0, 0.1) is 0 Å². The molecule has 0 aliphatic heterocycles. The van der Waals surface area contributed by atoms with E-state index in [0.717, 1.165) is 24.4 Å². The Morgan fingerprint density at radius 3 is 2.70 bits per heavy atom. The van der Waals surface area contributed by atoms with E-state index in [1.54, 1.807) is 0 Å². The van der Waals surface area contributed by atoms with Crippen LogP contribution in [0.1, 0.15) is 39.8 Å². The van der Waals surface area contributed by atoms with Crippen molar-refractivity contribution < 1.29 is 0 Å². The van der Waals surface area contributed by atoms with Crippen LogP contribution in [-0.2, 0) is 6.54 Å². The first-order chi connectivity index (χ1) is 9.54. The Balaban J connectivity index is 2.43. The highest BCUT2D eigenvalue weighted by atomic mass is 15.2. The highest BCUT2D eigenvalue weighted by Crippen LogP contribution is 2.23. The van der Waals surface area contributed by atoms with Crippen LogP contribution >= 0.6 is 0 Å². The quantitative estimate of drug-likeness (QED) is 0.878. The van der Waals surface area contributed by atoms with Gasteiger partial charge >= 0.3 is 0 Å². The molecule has 110 valence electrons. The van der Waals surface area contributed by atoms with Crippen molar-refractivity contribution in [3.63, 3.8) is 0 Å². The minimum Gasteiger partial charge on any atom is -0.355 e. The molecule has 20 heavy (non-hydrogen) atoms. The molecule has 0 aromatic carbocycles. The molecule has 0 radical (unpaired) electrons. The van der Waals surface area contributed by atoms with Gasteiger partial charge in [0.25, 0.3) is 0 Å². The lowest BCUT2D eigenvalue weighted by molar-refractivity contribution is 0.575. The van der Waals surface area contributed by atoms with Crippen molar-refractivity contribution in [2.45, 2.75) is 52.7 Å². The van der Waals surface area contributed by atoms with E-state index in [1.807, 2.05) is 6.07 Å². The minimum atomic E-state index is 0.464. The van der Waals surface area contributed by atoms with E-state index < -0.39 is 0 Å². The molecule has 0 amide bonds. The predicted molar refractivity (Wildman–Crippen MR) is 85.3 cm³/mol. The maximum atomic E-state index is 4.81. The van der Waals surface area contributed by atoms with Crippen LogP contribution in [0.25, 0.3) is 5.65 Å². The Morgan fingerprint density at radius 2 is 2.05 bits per heavy atom. The van der Waals surface area contributed by atoms with Crippen LogP contribution < -0.4 is 10.2 Å². The van der Waals surface area contributed by atoms with Gasteiger partial charge in [0.1, 0.15) is 5.65 Å². The van der Waals surface area contributed by atoms with Crippen LogP contribution in [0.15, 0.2) is 24.4 Å². The van der Waals surface area contributed by atoms with Gasteiger partial charge in [0.05, 0.1) is 5.69 Å². The van der Waals surface area contributed by atoms with Crippen LogP contribution in [0.5, 0.6) is 0 Å². The maximum absolute atomic E-state index is 4.81. The molecule has 0 saturated carbocycles. The van der Waals surface area contributed by atoms with Crippen LogP contribution in [0.2, 0.25) is 0 Å². The second-order valence-electron chi connectivity index (χ2n) is 5.71. The molecule has 0 fully saturated rings. The molecule has 0 aliphatic carbocycles. The lowest BCUT2D eigenvalue weighted by Gasteiger charge is -2.25. The summed E-state index contributed by atoms with van der Waals surface area (Å²) in [7, 11) is 2.13. The zero-order chi connectivity index (χ0) is 14.7. The molecule has 1 unspecified atom stereocenters. The Bertz CT molecular complexity index is 559. The number of imidazole rings is 1. The number of aromatic nitrogens is 2. The van der Waals surface area contributed by atoms with Crippen molar-refractivity contribution in [3.05, 3.63) is 30.1 Å². The number of rotatable bonds is 6. The normalized spacial score (nSPS) is 13.1. The molecule has 4 heteroatoms. The average molecular weight is 274 g/mol. The first-order valence-electron chi connectivity index (χ1n) is 7.46. The number of hydrogen-bond acceptors (Lipinski definition) is 3. The number of pyridine rings is 1. The lowest BCUT2D eigenvalue weighted by atomic mass is 10.2. The van der Waals surface area contributed by atoms with Crippen LogP contribution in [0.4, 0.5) is 5.82 Å². The minimum absolute atomic E-state index is 0.464. The monoisotopic (exact) mass is 274 g/mol. The number of fused-ring (bicyclic) bond motifs is 1. The molecule has 4 nitrogen and oxygen atoms in total. The summed E-state index contributed by atoms with van der Waals surface area (Å²) in [4.78, 5) is 7.09. The van der Waals surface area contributed by atoms with Gasteiger partial charge < -0.3 is 14.6 Å². The van der Waals surface area contributed by atoms with Crippen molar-refractivity contribution in [2.24, 2.45) is 0 Å². The number of hydrogen-bond donors (Lipinski definition) is 1. The summed E-state index contributed by atoms with van der Waals surface area (Å²) in [6.45, 7) is 9.62. The number of nitrogens with one attached hydrogen (secondary N) is 1. The Morgan fingerprint density at radius 1 is 1.30 bits per heavy atom.